The normalized spacial score (nSPS) is 13.0. The van der Waals surface area contributed by atoms with Crippen molar-refractivity contribution in [2.24, 2.45) is 0 Å². The van der Waals surface area contributed by atoms with Crippen LogP contribution in [0.2, 0.25) is 0 Å². The Bertz CT molecular complexity index is 242. The molecule has 1 aromatic carbocycles. The maximum absolute atomic E-state index is 7.40. The highest BCUT2D eigenvalue weighted by molar-refractivity contribution is 9.10. The summed E-state index contributed by atoms with van der Waals surface area (Å²) in [6.45, 7) is 0. The van der Waals surface area contributed by atoms with Crippen molar-refractivity contribution in [3.63, 3.8) is 0 Å². The molecule has 0 amide bonds. The van der Waals surface area contributed by atoms with Gasteiger partial charge in [0.2, 0.25) is 0 Å². The lowest BCUT2D eigenvalue weighted by atomic mass is 10.4. The molecule has 0 aliphatic heterocycles. The second-order valence-corrected chi connectivity index (χ2v) is 4.37. The fraction of sp³-hybridized carbons (Fsp3) is 0.143. The molecule has 0 aromatic heterocycles. The molecule has 0 aliphatic carbocycles. The average Bonchev–Trinajstić information content (AvgIpc) is 1.88. The maximum Gasteiger partial charge on any atom is 0.0179 e. The topological polar surface area (TPSA) is 23.9 Å². The van der Waals surface area contributed by atoms with Crippen molar-refractivity contribution in [3.05, 3.63) is 28.7 Å². The molecule has 0 fully saturated rings. The molecule has 0 bridgehead atoms. The third-order valence-corrected chi connectivity index (χ3v) is 2.68. The predicted molar refractivity (Wildman–Crippen MR) is 48.4 cm³/mol. The van der Waals surface area contributed by atoms with Gasteiger partial charge in [0.05, 0.1) is 0 Å². The van der Waals surface area contributed by atoms with Gasteiger partial charge in [-0.2, -0.15) is 0 Å². The first-order valence-corrected chi connectivity index (χ1v) is 5.25. The molecular formula is C7H8BrNS. The molecule has 1 rings (SSSR count). The molecule has 10 heavy (non-hydrogen) atoms. The van der Waals surface area contributed by atoms with Crippen LogP contribution in [-0.2, 0) is 10.7 Å². The Hall–Kier alpha value is -0.150. The third kappa shape index (κ3) is 1.92. The van der Waals surface area contributed by atoms with E-state index in [-0.39, 0.29) is 10.7 Å². The fourth-order valence-electron chi connectivity index (χ4n) is 0.639. The molecule has 0 saturated heterocycles. The van der Waals surface area contributed by atoms with Crippen molar-refractivity contribution in [2.45, 2.75) is 4.90 Å². The van der Waals surface area contributed by atoms with Gasteiger partial charge in [-0.3, -0.25) is 4.78 Å². The number of rotatable bonds is 1. The van der Waals surface area contributed by atoms with E-state index in [0.29, 0.717) is 0 Å². The molecule has 0 radical (unpaired) electrons. The summed E-state index contributed by atoms with van der Waals surface area (Å²) in [6, 6.07) is 7.88. The van der Waals surface area contributed by atoms with Crippen molar-refractivity contribution < 1.29 is 0 Å². The van der Waals surface area contributed by atoms with Crippen LogP contribution >= 0.6 is 15.9 Å². The van der Waals surface area contributed by atoms with Crippen LogP contribution in [0.4, 0.5) is 0 Å². The highest BCUT2D eigenvalue weighted by Gasteiger charge is 1.90. The lowest BCUT2D eigenvalue weighted by Gasteiger charge is -1.96. The van der Waals surface area contributed by atoms with E-state index >= 15 is 0 Å². The van der Waals surface area contributed by atoms with Crippen molar-refractivity contribution >= 4 is 26.6 Å². The van der Waals surface area contributed by atoms with E-state index in [0.717, 1.165) is 9.37 Å². The first-order valence-electron chi connectivity index (χ1n) is 2.83. The highest BCUT2D eigenvalue weighted by atomic mass is 79.9. The number of halogens is 1. The summed E-state index contributed by atoms with van der Waals surface area (Å²) in [6.07, 6.45) is 1.89. The number of benzene rings is 1. The van der Waals surface area contributed by atoms with Crippen LogP contribution in [0.1, 0.15) is 0 Å². The van der Waals surface area contributed by atoms with Gasteiger partial charge in [0, 0.05) is 9.37 Å². The maximum atomic E-state index is 7.40. The Morgan fingerprint density at radius 1 is 1.30 bits per heavy atom. The van der Waals surface area contributed by atoms with Crippen LogP contribution in [0.5, 0.6) is 0 Å². The molecule has 3 heteroatoms. The summed E-state index contributed by atoms with van der Waals surface area (Å²) < 4.78 is 8.47. The SMILES string of the molecule is CS(=N)c1ccc(Br)cc1. The van der Waals surface area contributed by atoms with Gasteiger partial charge in [-0.05, 0) is 30.5 Å². The van der Waals surface area contributed by atoms with Gasteiger partial charge in [0.15, 0.2) is 0 Å². The van der Waals surface area contributed by atoms with Gasteiger partial charge in [-0.25, -0.2) is 0 Å². The van der Waals surface area contributed by atoms with E-state index in [2.05, 4.69) is 15.9 Å². The summed E-state index contributed by atoms with van der Waals surface area (Å²) >= 11 is 3.34. The standard InChI is InChI=1S/C7H8BrNS/c1-10(9)7-4-2-6(8)3-5-7/h2-5,9H,1H3. The van der Waals surface area contributed by atoms with Crippen molar-refractivity contribution in [1.29, 1.82) is 4.78 Å². The molecule has 0 aliphatic rings. The Labute approximate surface area is 71.5 Å². The number of hydrogen-bond donors (Lipinski definition) is 1. The fourth-order valence-corrected chi connectivity index (χ4v) is 1.45. The summed E-state index contributed by atoms with van der Waals surface area (Å²) in [5, 5.41) is 0. The minimum absolute atomic E-state index is 0.358. The minimum Gasteiger partial charge on any atom is -0.276 e. The monoisotopic (exact) mass is 217 g/mol. The quantitative estimate of drug-likeness (QED) is 0.749. The van der Waals surface area contributed by atoms with E-state index < -0.39 is 0 Å². The zero-order valence-electron chi connectivity index (χ0n) is 5.60. The zero-order valence-corrected chi connectivity index (χ0v) is 8.00. The van der Waals surface area contributed by atoms with E-state index in [9.17, 15) is 0 Å². The number of hydrogen-bond acceptors (Lipinski definition) is 1. The van der Waals surface area contributed by atoms with Gasteiger partial charge >= 0.3 is 0 Å². The summed E-state index contributed by atoms with van der Waals surface area (Å²) in [5.74, 6) is 0. The van der Waals surface area contributed by atoms with Crippen molar-refractivity contribution in [3.8, 4) is 0 Å². The lowest BCUT2D eigenvalue weighted by molar-refractivity contribution is 1.41. The van der Waals surface area contributed by atoms with Gasteiger partial charge < -0.3 is 0 Å². The summed E-state index contributed by atoms with van der Waals surface area (Å²) in [4.78, 5) is 1.09. The van der Waals surface area contributed by atoms with Crippen LogP contribution in [0.25, 0.3) is 0 Å². The molecule has 1 atom stereocenters. The predicted octanol–water partition coefficient (Wildman–Crippen LogP) is 2.82. The van der Waals surface area contributed by atoms with Crippen LogP contribution < -0.4 is 0 Å². The van der Waals surface area contributed by atoms with Crippen LogP contribution in [-0.4, -0.2) is 6.26 Å². The Morgan fingerprint density at radius 3 is 2.20 bits per heavy atom. The van der Waals surface area contributed by atoms with E-state index in [4.69, 9.17) is 4.78 Å². The van der Waals surface area contributed by atoms with Crippen molar-refractivity contribution in [2.75, 3.05) is 6.26 Å². The molecule has 0 spiro atoms. The van der Waals surface area contributed by atoms with Gasteiger partial charge in [0.25, 0.3) is 0 Å². The molecule has 1 unspecified atom stereocenters. The van der Waals surface area contributed by atoms with Crippen LogP contribution in [0, 0.1) is 4.78 Å². The minimum atomic E-state index is -0.358. The number of nitrogens with one attached hydrogen (secondary N) is 1. The van der Waals surface area contributed by atoms with E-state index in [1.54, 1.807) is 0 Å². The van der Waals surface area contributed by atoms with Gasteiger partial charge in [-0.15, -0.1) is 0 Å². The molecule has 0 saturated carbocycles. The molecule has 1 N–H and O–H groups in total. The second kappa shape index (κ2) is 3.30. The first kappa shape index (κ1) is 7.95. The lowest BCUT2D eigenvalue weighted by Crippen LogP contribution is -1.82. The average molecular weight is 218 g/mol. The van der Waals surface area contributed by atoms with Crippen LogP contribution in [0.3, 0.4) is 0 Å². The Morgan fingerprint density at radius 2 is 1.80 bits per heavy atom. The van der Waals surface area contributed by atoms with E-state index in [1.165, 1.54) is 0 Å². The molecule has 1 nitrogen and oxygen atoms in total. The summed E-state index contributed by atoms with van der Waals surface area (Å²) in [5.41, 5.74) is 0. The Kier molecular flexibility index (Phi) is 2.63. The highest BCUT2D eigenvalue weighted by Crippen LogP contribution is 2.12. The molecule has 54 valence electrons. The Balaban J connectivity index is 3.00. The second-order valence-electron chi connectivity index (χ2n) is 1.96. The largest absolute Gasteiger partial charge is 0.276 e. The molecular weight excluding hydrogens is 210 g/mol. The smallest absolute Gasteiger partial charge is 0.0179 e. The van der Waals surface area contributed by atoms with Crippen LogP contribution in [0.15, 0.2) is 33.6 Å². The zero-order chi connectivity index (χ0) is 7.56. The summed E-state index contributed by atoms with van der Waals surface area (Å²) in [7, 11) is -0.358. The third-order valence-electron chi connectivity index (χ3n) is 1.17. The molecule has 1 aromatic rings. The van der Waals surface area contributed by atoms with Gasteiger partial charge in [-0.1, -0.05) is 26.6 Å². The van der Waals surface area contributed by atoms with Crippen molar-refractivity contribution in [1.82, 2.24) is 0 Å². The van der Waals surface area contributed by atoms with Gasteiger partial charge in [0.1, 0.15) is 0 Å². The molecule has 0 heterocycles. The van der Waals surface area contributed by atoms with E-state index in [1.807, 2.05) is 30.5 Å². The first-order chi connectivity index (χ1) is 4.70.